The van der Waals surface area contributed by atoms with Crippen molar-refractivity contribution < 1.29 is 4.79 Å². The number of nitrogens with zero attached hydrogens (tertiary/aromatic N) is 2. The summed E-state index contributed by atoms with van der Waals surface area (Å²) in [5.41, 5.74) is 5.30. The van der Waals surface area contributed by atoms with Crippen LogP contribution in [-0.4, -0.2) is 22.2 Å². The van der Waals surface area contributed by atoms with Crippen LogP contribution >= 0.6 is 22.9 Å². The molecular formula is C27H32ClN3OS. The zero-order valence-electron chi connectivity index (χ0n) is 19.9. The maximum atomic E-state index is 13.4. The maximum Gasteiger partial charge on any atom is 0.272 e. The van der Waals surface area contributed by atoms with Crippen molar-refractivity contribution in [1.82, 2.24) is 15.1 Å². The molecule has 0 radical (unpaired) electrons. The van der Waals surface area contributed by atoms with Crippen LogP contribution in [0.4, 0.5) is 0 Å². The third kappa shape index (κ3) is 3.30. The molecule has 1 N–H and O–H groups in total. The number of carbonyl (C=O) groups is 1. The number of nitrogens with one attached hydrogen (secondary N) is 1. The van der Waals surface area contributed by atoms with E-state index < -0.39 is 0 Å². The summed E-state index contributed by atoms with van der Waals surface area (Å²) in [6.45, 7) is 9.88. The minimum Gasteiger partial charge on any atom is -0.350 e. The molecule has 7 rings (SSSR count). The van der Waals surface area contributed by atoms with Crippen LogP contribution in [0.15, 0.2) is 23.3 Å². The van der Waals surface area contributed by atoms with Gasteiger partial charge in [0.2, 0.25) is 0 Å². The van der Waals surface area contributed by atoms with Crippen molar-refractivity contribution >= 4 is 34.5 Å². The van der Waals surface area contributed by atoms with E-state index in [1.807, 2.05) is 4.68 Å². The molecule has 174 valence electrons. The number of aryl methyl sites for hydroxylation is 1. The Morgan fingerprint density at radius 2 is 2.18 bits per heavy atom. The molecular weight excluding hydrogens is 450 g/mol. The number of halogens is 1. The zero-order valence-corrected chi connectivity index (χ0v) is 21.4. The van der Waals surface area contributed by atoms with E-state index in [9.17, 15) is 4.79 Å². The van der Waals surface area contributed by atoms with E-state index in [1.165, 1.54) is 34.6 Å². The smallest absolute Gasteiger partial charge is 0.272 e. The molecule has 4 nitrogen and oxygen atoms in total. The summed E-state index contributed by atoms with van der Waals surface area (Å²) in [6, 6.07) is 2.25. The van der Waals surface area contributed by atoms with E-state index in [0.717, 1.165) is 53.2 Å². The van der Waals surface area contributed by atoms with Crippen molar-refractivity contribution in [3.05, 3.63) is 44.9 Å². The molecule has 2 aromatic heterocycles. The molecule has 0 aliphatic heterocycles. The van der Waals surface area contributed by atoms with Gasteiger partial charge < -0.3 is 5.32 Å². The number of thiophene rings is 1. The molecule has 4 unspecified atom stereocenters. The Bertz CT molecular complexity index is 1210. The van der Waals surface area contributed by atoms with Crippen LogP contribution in [0.1, 0.15) is 72.9 Å². The Hall–Kier alpha value is -1.85. The van der Waals surface area contributed by atoms with Gasteiger partial charge in [-0.3, -0.25) is 4.79 Å². The van der Waals surface area contributed by atoms with Crippen molar-refractivity contribution in [2.45, 2.75) is 59.8 Å². The van der Waals surface area contributed by atoms with Gasteiger partial charge in [-0.25, -0.2) is 4.68 Å². The van der Waals surface area contributed by atoms with Gasteiger partial charge in [-0.2, -0.15) is 5.10 Å². The Balaban J connectivity index is 1.31. The lowest BCUT2D eigenvalue weighted by Gasteiger charge is -2.60. The summed E-state index contributed by atoms with van der Waals surface area (Å²) in [5, 5.41) is 8.87. The number of allylic oxidation sites excluding steroid dienone is 4. The van der Waals surface area contributed by atoms with Crippen LogP contribution in [0.25, 0.3) is 16.3 Å². The molecule has 1 amide bonds. The number of fused-ring (bicyclic) bond motifs is 5. The molecule has 33 heavy (non-hydrogen) atoms. The second-order valence-electron chi connectivity index (χ2n) is 11.2. The quantitative estimate of drug-likeness (QED) is 0.454. The Kier molecular flexibility index (Phi) is 4.97. The van der Waals surface area contributed by atoms with Gasteiger partial charge in [0.05, 0.1) is 21.3 Å². The predicted octanol–water partition coefficient (Wildman–Crippen LogP) is 6.63. The van der Waals surface area contributed by atoms with Gasteiger partial charge in [-0.15, -0.1) is 11.3 Å². The molecule has 6 heteroatoms. The van der Waals surface area contributed by atoms with Crippen molar-refractivity contribution in [3.8, 4) is 10.6 Å². The van der Waals surface area contributed by atoms with Crippen molar-refractivity contribution in [3.63, 3.8) is 0 Å². The number of aromatic nitrogens is 2. The standard InChI is InChI=1S/C27H32ClN3OS/c1-14-5-8-22(21(28)9-14)31-24-19(11-17-10-15(2)33-25(17)24)23(30-31)26(32)29-13-16-6-7-18-12-20(16)27(18,3)4/h8-10,14,16,18,20H,5-7,11-13H2,1-4H3,(H,29,32). The summed E-state index contributed by atoms with van der Waals surface area (Å²) in [4.78, 5) is 16.0. The molecule has 2 aromatic rings. The summed E-state index contributed by atoms with van der Waals surface area (Å²) >= 11 is 8.46. The second-order valence-corrected chi connectivity index (χ2v) is 12.9. The van der Waals surface area contributed by atoms with Gasteiger partial charge >= 0.3 is 0 Å². The Morgan fingerprint density at radius 3 is 2.91 bits per heavy atom. The largest absolute Gasteiger partial charge is 0.350 e. The highest BCUT2D eigenvalue weighted by atomic mass is 35.5. The van der Waals surface area contributed by atoms with Crippen molar-refractivity contribution in [2.24, 2.45) is 29.1 Å². The molecule has 4 atom stereocenters. The average Bonchev–Trinajstić information content (AvgIpc) is 3.41. The van der Waals surface area contributed by atoms with E-state index >= 15 is 0 Å². The third-order valence-corrected chi connectivity index (χ3v) is 10.2. The first-order chi connectivity index (χ1) is 15.7. The lowest BCUT2D eigenvalue weighted by molar-refractivity contribution is -0.103. The fourth-order valence-corrected chi connectivity index (χ4v) is 8.26. The van der Waals surface area contributed by atoms with E-state index in [-0.39, 0.29) is 5.91 Å². The number of hydrogen-bond acceptors (Lipinski definition) is 3. The molecule has 0 aromatic carbocycles. The lowest BCUT2D eigenvalue weighted by Crippen LogP contribution is -2.54. The molecule has 0 spiro atoms. The molecule has 0 saturated heterocycles. The van der Waals surface area contributed by atoms with Gasteiger partial charge in [0.1, 0.15) is 0 Å². The highest BCUT2D eigenvalue weighted by Crippen LogP contribution is 2.61. The number of hydrogen-bond donors (Lipinski definition) is 1. The first kappa shape index (κ1) is 21.7. The minimum atomic E-state index is -0.0407. The van der Waals surface area contributed by atoms with Gasteiger partial charge in [-0.1, -0.05) is 44.5 Å². The van der Waals surface area contributed by atoms with E-state index in [4.69, 9.17) is 16.7 Å². The normalized spacial score (nSPS) is 29.0. The molecule has 2 heterocycles. The average molecular weight is 482 g/mol. The molecule has 5 aliphatic rings. The molecule has 5 aliphatic carbocycles. The van der Waals surface area contributed by atoms with Crippen LogP contribution in [0.2, 0.25) is 0 Å². The topological polar surface area (TPSA) is 46.9 Å². The highest BCUT2D eigenvalue weighted by Gasteiger charge is 2.54. The Labute approximate surface area is 205 Å². The molecule has 3 fully saturated rings. The SMILES string of the molecule is Cc1cc2c(s1)-c1c(c(C(=O)NCC3CCC4CC3C4(C)C)nn1C1=CCC(C)C=C1Cl)C2. The predicted molar refractivity (Wildman–Crippen MR) is 136 cm³/mol. The first-order valence-corrected chi connectivity index (χ1v) is 13.5. The number of carbonyl (C=O) groups excluding carboxylic acids is 1. The van der Waals surface area contributed by atoms with Gasteiger partial charge in [-0.05, 0) is 73.3 Å². The van der Waals surface area contributed by atoms with Crippen LogP contribution in [0, 0.1) is 36.0 Å². The van der Waals surface area contributed by atoms with Crippen LogP contribution < -0.4 is 5.32 Å². The minimum absolute atomic E-state index is 0.0407. The molecule has 3 saturated carbocycles. The fourth-order valence-electron chi connectivity index (χ4n) is 6.80. The van der Waals surface area contributed by atoms with Gasteiger partial charge in [0.25, 0.3) is 5.91 Å². The Morgan fingerprint density at radius 1 is 1.36 bits per heavy atom. The monoisotopic (exact) mass is 481 g/mol. The summed E-state index contributed by atoms with van der Waals surface area (Å²) < 4.78 is 1.94. The molecule has 2 bridgehead atoms. The summed E-state index contributed by atoms with van der Waals surface area (Å²) in [6.07, 6.45) is 9.81. The van der Waals surface area contributed by atoms with Gasteiger partial charge in [0.15, 0.2) is 5.69 Å². The maximum absolute atomic E-state index is 13.4. The van der Waals surface area contributed by atoms with Crippen LogP contribution in [0.3, 0.4) is 0 Å². The van der Waals surface area contributed by atoms with E-state index in [1.54, 1.807) is 11.3 Å². The van der Waals surface area contributed by atoms with E-state index in [2.05, 4.69) is 51.2 Å². The van der Waals surface area contributed by atoms with Crippen LogP contribution in [-0.2, 0) is 6.42 Å². The number of amides is 1. The van der Waals surface area contributed by atoms with Crippen molar-refractivity contribution in [2.75, 3.05) is 6.54 Å². The zero-order chi connectivity index (χ0) is 23.1. The van der Waals surface area contributed by atoms with E-state index in [0.29, 0.717) is 22.9 Å². The fraction of sp³-hybridized carbons (Fsp3) is 0.556. The third-order valence-electron chi connectivity index (χ3n) is 8.83. The van der Waals surface area contributed by atoms with Crippen molar-refractivity contribution in [1.29, 1.82) is 0 Å². The van der Waals surface area contributed by atoms with Crippen LogP contribution in [0.5, 0.6) is 0 Å². The summed E-state index contributed by atoms with van der Waals surface area (Å²) in [5.74, 6) is 2.56. The first-order valence-electron chi connectivity index (χ1n) is 12.3. The number of rotatable bonds is 4. The summed E-state index contributed by atoms with van der Waals surface area (Å²) in [7, 11) is 0. The lowest BCUT2D eigenvalue weighted by atomic mass is 9.45. The van der Waals surface area contributed by atoms with Gasteiger partial charge in [0, 0.05) is 23.4 Å². The second kappa shape index (κ2) is 7.58. The highest BCUT2D eigenvalue weighted by molar-refractivity contribution is 7.15.